The Hall–Kier alpha value is 0.840. The predicted molar refractivity (Wildman–Crippen MR) is 97.9 cm³/mol. The highest BCUT2D eigenvalue weighted by Gasteiger charge is 2.29. The van der Waals surface area contributed by atoms with E-state index in [0.717, 1.165) is 10.7 Å². The number of hydrogen-bond donors (Lipinski definition) is 1. The Bertz CT molecular complexity index is 475. The number of benzene rings is 1. The van der Waals surface area contributed by atoms with Crippen molar-refractivity contribution in [3.05, 3.63) is 28.4 Å². The van der Waals surface area contributed by atoms with Gasteiger partial charge in [0, 0.05) is 17.8 Å². The van der Waals surface area contributed by atoms with Crippen molar-refractivity contribution in [3.63, 3.8) is 0 Å². The average Bonchev–Trinajstić information content (AvgIpc) is 2.31. The Kier molecular flexibility index (Phi) is 6.13. The van der Waals surface area contributed by atoms with Crippen LogP contribution in [-0.2, 0) is 0 Å². The van der Waals surface area contributed by atoms with E-state index in [1.807, 2.05) is 26.0 Å². The monoisotopic (exact) mass is 585 g/mol. The van der Waals surface area contributed by atoms with Crippen molar-refractivity contribution in [2.45, 2.75) is 19.4 Å². The van der Waals surface area contributed by atoms with E-state index in [-0.39, 0.29) is 12.5 Å². The van der Waals surface area contributed by atoms with Gasteiger partial charge in [-0.25, -0.2) is 0 Å². The van der Waals surface area contributed by atoms with E-state index in [1.165, 1.54) is 0 Å². The molecule has 0 spiro atoms. The molecule has 0 heterocycles. The van der Waals surface area contributed by atoms with Crippen molar-refractivity contribution < 1.29 is 9.90 Å². The number of halogens is 3. The molecule has 18 heavy (non-hydrogen) atoms. The number of amides is 1. The minimum Gasteiger partial charge on any atom is -0.394 e. The van der Waals surface area contributed by atoms with Crippen LogP contribution in [0.5, 0.6) is 0 Å². The van der Waals surface area contributed by atoms with E-state index in [4.69, 9.17) is 0 Å². The topological polar surface area (TPSA) is 40.5 Å². The van der Waals surface area contributed by atoms with Crippen LogP contribution >= 0.6 is 67.8 Å². The van der Waals surface area contributed by atoms with Gasteiger partial charge >= 0.3 is 0 Å². The third kappa shape index (κ3) is 3.69. The summed E-state index contributed by atoms with van der Waals surface area (Å²) in [4.78, 5) is 14.1. The van der Waals surface area contributed by atoms with Crippen LogP contribution in [0, 0.1) is 10.7 Å². The summed E-state index contributed by atoms with van der Waals surface area (Å²) in [5.41, 5.74) is 0.128. The fraction of sp³-hybridized carbons (Fsp3) is 0.417. The summed E-state index contributed by atoms with van der Waals surface area (Å²) >= 11 is 6.63. The summed E-state index contributed by atoms with van der Waals surface area (Å²) in [5.74, 6) is -0.0603. The SMILES string of the molecule is CN(C(=O)c1cc(I)cc(I)c1I)C(C)(C)CO. The first-order valence-corrected chi connectivity index (χ1v) is 8.48. The van der Waals surface area contributed by atoms with E-state index >= 15 is 0 Å². The smallest absolute Gasteiger partial charge is 0.255 e. The van der Waals surface area contributed by atoms with Gasteiger partial charge in [-0.05, 0) is 93.8 Å². The standard InChI is InChI=1S/C12H14I3NO2/c1-12(2,6-17)16(3)11(18)8-4-7(13)5-9(14)10(8)15/h4-5,17H,6H2,1-3H3. The Balaban J connectivity index is 3.20. The molecule has 100 valence electrons. The molecule has 6 heteroatoms. The number of carbonyl (C=O) groups excluding carboxylic acids is 1. The zero-order valence-electron chi connectivity index (χ0n) is 10.3. The van der Waals surface area contributed by atoms with Gasteiger partial charge < -0.3 is 10.0 Å². The summed E-state index contributed by atoms with van der Waals surface area (Å²) in [7, 11) is 1.72. The Morgan fingerprint density at radius 1 is 1.33 bits per heavy atom. The number of likely N-dealkylation sites (N-methyl/N-ethyl adjacent to an activating group) is 1. The molecule has 3 nitrogen and oxygen atoms in total. The van der Waals surface area contributed by atoms with Crippen molar-refractivity contribution in [2.75, 3.05) is 13.7 Å². The average molecular weight is 585 g/mol. The summed E-state index contributed by atoms with van der Waals surface area (Å²) in [6, 6.07) is 3.92. The molecule has 1 aromatic carbocycles. The molecule has 0 aliphatic heterocycles. The molecule has 0 unspecified atom stereocenters. The number of nitrogens with zero attached hydrogens (tertiary/aromatic N) is 1. The van der Waals surface area contributed by atoms with Crippen LogP contribution in [0.15, 0.2) is 12.1 Å². The van der Waals surface area contributed by atoms with Gasteiger partial charge in [-0.15, -0.1) is 0 Å². The lowest BCUT2D eigenvalue weighted by Gasteiger charge is -2.34. The predicted octanol–water partition coefficient (Wildman–Crippen LogP) is 3.34. The van der Waals surface area contributed by atoms with Crippen molar-refractivity contribution in [1.29, 1.82) is 0 Å². The van der Waals surface area contributed by atoms with Gasteiger partial charge in [0.15, 0.2) is 0 Å². The summed E-state index contributed by atoms with van der Waals surface area (Å²) in [6.45, 7) is 3.63. The number of aliphatic hydroxyl groups excluding tert-OH is 1. The summed E-state index contributed by atoms with van der Waals surface area (Å²) in [5, 5.41) is 9.34. The minimum atomic E-state index is -0.563. The Labute approximate surface area is 148 Å². The molecule has 1 rings (SSSR count). The molecular weight excluding hydrogens is 571 g/mol. The maximum Gasteiger partial charge on any atom is 0.255 e. The number of carbonyl (C=O) groups is 1. The maximum absolute atomic E-state index is 12.5. The third-order valence-electron chi connectivity index (χ3n) is 2.82. The van der Waals surface area contributed by atoms with E-state index in [1.54, 1.807) is 11.9 Å². The maximum atomic E-state index is 12.5. The molecule has 1 amide bonds. The van der Waals surface area contributed by atoms with Gasteiger partial charge in [0.05, 0.1) is 17.7 Å². The fourth-order valence-corrected chi connectivity index (χ4v) is 3.66. The Morgan fingerprint density at radius 2 is 1.89 bits per heavy atom. The van der Waals surface area contributed by atoms with Crippen LogP contribution in [0.1, 0.15) is 24.2 Å². The highest BCUT2D eigenvalue weighted by molar-refractivity contribution is 14.1. The van der Waals surface area contributed by atoms with Crippen molar-refractivity contribution in [2.24, 2.45) is 0 Å². The molecule has 0 saturated heterocycles. The molecule has 0 aliphatic carbocycles. The lowest BCUT2D eigenvalue weighted by atomic mass is 10.0. The molecular formula is C12H14I3NO2. The van der Waals surface area contributed by atoms with Gasteiger partial charge in [-0.1, -0.05) is 0 Å². The van der Waals surface area contributed by atoms with Crippen LogP contribution in [0.3, 0.4) is 0 Å². The van der Waals surface area contributed by atoms with E-state index < -0.39 is 5.54 Å². The number of hydrogen-bond acceptors (Lipinski definition) is 2. The molecule has 0 radical (unpaired) electrons. The zero-order valence-corrected chi connectivity index (χ0v) is 16.8. The fourth-order valence-electron chi connectivity index (χ4n) is 1.27. The highest BCUT2D eigenvalue weighted by atomic mass is 127. The van der Waals surface area contributed by atoms with Crippen LogP contribution in [-0.4, -0.2) is 35.1 Å². The van der Waals surface area contributed by atoms with Crippen molar-refractivity contribution >= 4 is 73.7 Å². The molecule has 1 aromatic rings. The number of rotatable bonds is 3. The second kappa shape index (κ2) is 6.53. The molecule has 0 bridgehead atoms. The van der Waals surface area contributed by atoms with Gasteiger partial charge in [-0.2, -0.15) is 0 Å². The summed E-state index contributed by atoms with van der Waals surface area (Å²) < 4.78 is 3.06. The van der Waals surface area contributed by atoms with Crippen molar-refractivity contribution in [3.8, 4) is 0 Å². The lowest BCUT2D eigenvalue weighted by molar-refractivity contribution is 0.0472. The third-order valence-corrected chi connectivity index (χ3v) is 6.49. The van der Waals surface area contributed by atoms with Crippen molar-refractivity contribution in [1.82, 2.24) is 4.90 Å². The summed E-state index contributed by atoms with van der Waals surface area (Å²) in [6.07, 6.45) is 0. The quantitative estimate of drug-likeness (QED) is 0.438. The molecule has 0 aromatic heterocycles. The largest absolute Gasteiger partial charge is 0.394 e. The minimum absolute atomic E-state index is 0.0603. The van der Waals surface area contributed by atoms with Gasteiger partial charge in [-0.3, -0.25) is 4.79 Å². The molecule has 0 saturated carbocycles. The highest BCUT2D eigenvalue weighted by Crippen LogP contribution is 2.25. The van der Waals surface area contributed by atoms with E-state index in [0.29, 0.717) is 5.56 Å². The molecule has 0 fully saturated rings. The second-order valence-corrected chi connectivity index (χ2v) is 8.07. The van der Waals surface area contributed by atoms with E-state index in [2.05, 4.69) is 67.8 Å². The molecule has 1 N–H and O–H groups in total. The lowest BCUT2D eigenvalue weighted by Crippen LogP contribution is -2.47. The van der Waals surface area contributed by atoms with Crippen LogP contribution < -0.4 is 0 Å². The molecule has 0 atom stereocenters. The second-order valence-electron chi connectivity index (χ2n) is 4.58. The van der Waals surface area contributed by atoms with Crippen LogP contribution in [0.2, 0.25) is 0 Å². The first-order chi connectivity index (χ1) is 8.20. The first-order valence-electron chi connectivity index (χ1n) is 5.24. The molecule has 0 aliphatic rings. The first kappa shape index (κ1) is 16.9. The Morgan fingerprint density at radius 3 is 2.39 bits per heavy atom. The van der Waals surface area contributed by atoms with Gasteiger partial charge in [0.2, 0.25) is 0 Å². The van der Waals surface area contributed by atoms with Gasteiger partial charge in [0.25, 0.3) is 5.91 Å². The van der Waals surface area contributed by atoms with Gasteiger partial charge in [0.1, 0.15) is 0 Å². The van der Waals surface area contributed by atoms with Crippen LogP contribution in [0.4, 0.5) is 0 Å². The normalized spacial score (nSPS) is 11.5. The number of aliphatic hydroxyl groups is 1. The zero-order chi connectivity index (χ0) is 14.1. The van der Waals surface area contributed by atoms with E-state index in [9.17, 15) is 9.90 Å². The van der Waals surface area contributed by atoms with Crippen LogP contribution in [0.25, 0.3) is 0 Å².